The Morgan fingerprint density at radius 1 is 0.850 bits per heavy atom. The van der Waals surface area contributed by atoms with Crippen LogP contribution < -0.4 is 4.74 Å². The Hall–Kier alpha value is -2.25. The summed E-state index contributed by atoms with van der Waals surface area (Å²) in [6.07, 6.45) is 0.548. The molecule has 0 amide bonds. The SMILES string of the molecule is COc1cc(-c2c(F)c(F)c(F)c(F)c2F)c(F)cn1. The summed E-state index contributed by atoms with van der Waals surface area (Å²) in [5.74, 6) is -12.4. The molecule has 0 saturated carbocycles. The second-order valence-electron chi connectivity index (χ2n) is 3.65. The van der Waals surface area contributed by atoms with Gasteiger partial charge in [-0.1, -0.05) is 0 Å². The zero-order chi connectivity index (χ0) is 15.0. The van der Waals surface area contributed by atoms with Gasteiger partial charge >= 0.3 is 0 Å². The van der Waals surface area contributed by atoms with Gasteiger partial charge in [0.2, 0.25) is 11.7 Å². The number of nitrogens with zero attached hydrogens (tertiary/aromatic N) is 1. The summed E-state index contributed by atoms with van der Waals surface area (Å²) in [5.41, 5.74) is -2.22. The summed E-state index contributed by atoms with van der Waals surface area (Å²) >= 11 is 0. The molecule has 106 valence electrons. The fourth-order valence-electron chi connectivity index (χ4n) is 1.56. The second-order valence-corrected chi connectivity index (χ2v) is 3.65. The van der Waals surface area contributed by atoms with Crippen LogP contribution in [0.5, 0.6) is 5.88 Å². The van der Waals surface area contributed by atoms with E-state index in [-0.39, 0.29) is 5.88 Å². The maximum absolute atomic E-state index is 13.6. The van der Waals surface area contributed by atoms with Crippen LogP contribution in [0, 0.1) is 34.9 Å². The van der Waals surface area contributed by atoms with Gasteiger partial charge in [-0.3, -0.25) is 0 Å². The number of aromatic nitrogens is 1. The number of rotatable bonds is 2. The van der Waals surface area contributed by atoms with Crippen LogP contribution in [0.3, 0.4) is 0 Å². The Bertz CT molecular complexity index is 659. The molecule has 0 radical (unpaired) electrons. The highest BCUT2D eigenvalue weighted by Crippen LogP contribution is 2.34. The number of methoxy groups -OCH3 is 1. The minimum atomic E-state index is -2.31. The lowest BCUT2D eigenvalue weighted by Gasteiger charge is -2.10. The van der Waals surface area contributed by atoms with E-state index < -0.39 is 46.0 Å². The van der Waals surface area contributed by atoms with Crippen LogP contribution in [0.25, 0.3) is 11.1 Å². The van der Waals surface area contributed by atoms with E-state index in [0.29, 0.717) is 6.20 Å². The molecular weight excluding hydrogens is 288 g/mol. The highest BCUT2D eigenvalue weighted by atomic mass is 19.2. The maximum atomic E-state index is 13.6. The van der Waals surface area contributed by atoms with E-state index in [4.69, 9.17) is 0 Å². The van der Waals surface area contributed by atoms with Gasteiger partial charge in [-0.05, 0) is 0 Å². The summed E-state index contributed by atoms with van der Waals surface area (Å²) in [6.45, 7) is 0. The van der Waals surface area contributed by atoms with Crippen molar-refractivity contribution in [2.75, 3.05) is 7.11 Å². The number of halogens is 6. The van der Waals surface area contributed by atoms with Crippen molar-refractivity contribution in [3.63, 3.8) is 0 Å². The normalized spacial score (nSPS) is 10.8. The molecule has 0 aliphatic carbocycles. The van der Waals surface area contributed by atoms with Crippen LogP contribution in [0.2, 0.25) is 0 Å². The van der Waals surface area contributed by atoms with Gasteiger partial charge in [0.15, 0.2) is 23.3 Å². The zero-order valence-electron chi connectivity index (χ0n) is 9.78. The monoisotopic (exact) mass is 293 g/mol. The highest BCUT2D eigenvalue weighted by Gasteiger charge is 2.28. The van der Waals surface area contributed by atoms with E-state index >= 15 is 0 Å². The number of hydrogen-bond acceptors (Lipinski definition) is 2. The van der Waals surface area contributed by atoms with Crippen molar-refractivity contribution in [2.24, 2.45) is 0 Å². The Labute approximate surface area is 108 Å². The molecule has 0 aliphatic rings. The second kappa shape index (κ2) is 5.03. The molecule has 0 unspecified atom stereocenters. The Balaban J connectivity index is 2.83. The van der Waals surface area contributed by atoms with Gasteiger partial charge < -0.3 is 4.74 Å². The molecule has 0 aliphatic heterocycles. The van der Waals surface area contributed by atoms with Crippen molar-refractivity contribution in [3.8, 4) is 17.0 Å². The van der Waals surface area contributed by atoms with E-state index in [1.165, 1.54) is 0 Å². The van der Waals surface area contributed by atoms with Gasteiger partial charge in [0, 0.05) is 11.6 Å². The molecule has 0 bridgehead atoms. The summed E-state index contributed by atoms with van der Waals surface area (Å²) < 4.78 is 84.3. The summed E-state index contributed by atoms with van der Waals surface area (Å²) in [4.78, 5) is 3.40. The van der Waals surface area contributed by atoms with Crippen LogP contribution in [-0.4, -0.2) is 12.1 Å². The standard InChI is InChI=1S/C12H5F6NO/c1-20-6-2-4(5(13)3-19-6)7-8(14)10(16)12(18)11(17)9(7)15/h2-3H,1H3. The topological polar surface area (TPSA) is 22.1 Å². The van der Waals surface area contributed by atoms with Gasteiger partial charge in [0.05, 0.1) is 18.9 Å². The van der Waals surface area contributed by atoms with Gasteiger partial charge in [-0.2, -0.15) is 0 Å². The molecule has 0 fully saturated rings. The predicted octanol–water partition coefficient (Wildman–Crippen LogP) is 3.59. The molecule has 0 N–H and O–H groups in total. The number of hydrogen-bond donors (Lipinski definition) is 0. The number of benzene rings is 1. The third kappa shape index (κ3) is 2.06. The number of pyridine rings is 1. The third-order valence-corrected chi connectivity index (χ3v) is 2.52. The minimum Gasteiger partial charge on any atom is -0.481 e. The number of ether oxygens (including phenoxy) is 1. The summed E-state index contributed by atoms with van der Waals surface area (Å²) in [6, 6.07) is 0.730. The minimum absolute atomic E-state index is 0.245. The Morgan fingerprint density at radius 3 is 1.85 bits per heavy atom. The van der Waals surface area contributed by atoms with Crippen molar-refractivity contribution < 1.29 is 31.1 Å². The summed E-state index contributed by atoms with van der Waals surface area (Å²) in [7, 11) is 1.14. The Kier molecular flexibility index (Phi) is 3.56. The largest absolute Gasteiger partial charge is 0.481 e. The molecule has 1 heterocycles. The van der Waals surface area contributed by atoms with Crippen molar-refractivity contribution in [1.82, 2.24) is 4.98 Å². The fraction of sp³-hybridized carbons (Fsp3) is 0.0833. The molecule has 0 spiro atoms. The Morgan fingerprint density at radius 2 is 1.35 bits per heavy atom. The molecule has 1 aromatic heterocycles. The molecule has 1 aromatic carbocycles. The molecule has 2 rings (SSSR count). The van der Waals surface area contributed by atoms with Crippen molar-refractivity contribution in [3.05, 3.63) is 47.2 Å². The first-order valence-corrected chi connectivity index (χ1v) is 5.09. The van der Waals surface area contributed by atoms with Gasteiger partial charge in [-0.25, -0.2) is 31.3 Å². The first-order valence-electron chi connectivity index (χ1n) is 5.09. The molecule has 2 aromatic rings. The van der Waals surface area contributed by atoms with Gasteiger partial charge in [-0.15, -0.1) is 0 Å². The fourth-order valence-corrected chi connectivity index (χ4v) is 1.56. The molecule has 20 heavy (non-hydrogen) atoms. The van der Waals surface area contributed by atoms with Gasteiger partial charge in [0.1, 0.15) is 5.82 Å². The van der Waals surface area contributed by atoms with Crippen LogP contribution in [0.1, 0.15) is 0 Å². The quantitative estimate of drug-likeness (QED) is 0.479. The lowest BCUT2D eigenvalue weighted by atomic mass is 10.0. The predicted molar refractivity (Wildman–Crippen MR) is 56.0 cm³/mol. The van der Waals surface area contributed by atoms with E-state index in [2.05, 4.69) is 9.72 Å². The molecule has 0 saturated heterocycles. The zero-order valence-corrected chi connectivity index (χ0v) is 9.78. The van der Waals surface area contributed by atoms with E-state index in [9.17, 15) is 26.3 Å². The average molecular weight is 293 g/mol. The van der Waals surface area contributed by atoms with Crippen molar-refractivity contribution >= 4 is 0 Å². The van der Waals surface area contributed by atoms with Crippen molar-refractivity contribution in [2.45, 2.75) is 0 Å². The highest BCUT2D eigenvalue weighted by molar-refractivity contribution is 5.66. The van der Waals surface area contributed by atoms with E-state index in [1.807, 2.05) is 0 Å². The first kappa shape index (κ1) is 14.2. The molecule has 2 nitrogen and oxygen atoms in total. The smallest absolute Gasteiger partial charge is 0.213 e. The van der Waals surface area contributed by atoms with Crippen LogP contribution >= 0.6 is 0 Å². The van der Waals surface area contributed by atoms with E-state index in [0.717, 1.165) is 13.2 Å². The van der Waals surface area contributed by atoms with Crippen LogP contribution in [0.4, 0.5) is 26.3 Å². The molecule has 0 atom stereocenters. The van der Waals surface area contributed by atoms with E-state index in [1.54, 1.807) is 0 Å². The first-order chi connectivity index (χ1) is 9.38. The lowest BCUT2D eigenvalue weighted by Crippen LogP contribution is -2.05. The average Bonchev–Trinajstić information content (AvgIpc) is 2.45. The lowest BCUT2D eigenvalue weighted by molar-refractivity contribution is 0.380. The van der Waals surface area contributed by atoms with Gasteiger partial charge in [0.25, 0.3) is 0 Å². The molecular formula is C12H5F6NO. The molecule has 8 heteroatoms. The van der Waals surface area contributed by atoms with Crippen LogP contribution in [-0.2, 0) is 0 Å². The van der Waals surface area contributed by atoms with Crippen LogP contribution in [0.15, 0.2) is 12.3 Å². The maximum Gasteiger partial charge on any atom is 0.213 e. The van der Waals surface area contributed by atoms with Crippen molar-refractivity contribution in [1.29, 1.82) is 0 Å². The summed E-state index contributed by atoms with van der Waals surface area (Å²) in [5, 5.41) is 0. The third-order valence-electron chi connectivity index (χ3n) is 2.52.